The van der Waals surface area contributed by atoms with Gasteiger partial charge in [0.25, 0.3) is 10.0 Å². The van der Waals surface area contributed by atoms with Crippen molar-refractivity contribution in [1.82, 2.24) is 15.2 Å². The molecule has 0 fully saturated rings. The summed E-state index contributed by atoms with van der Waals surface area (Å²) in [7, 11) is -3.79. The second kappa shape index (κ2) is 4.75. The molecule has 0 amide bonds. The fraction of sp³-hybridized carbons (Fsp3) is 0.200. The fourth-order valence-corrected chi connectivity index (χ4v) is 2.55. The minimum absolute atomic E-state index is 0.148. The fourth-order valence-electron chi connectivity index (χ4n) is 1.38. The van der Waals surface area contributed by atoms with E-state index in [1.807, 2.05) is 0 Å². The molecule has 0 unspecified atom stereocenters. The van der Waals surface area contributed by atoms with Crippen LogP contribution in [-0.2, 0) is 16.6 Å². The molecule has 0 atom stereocenters. The van der Waals surface area contributed by atoms with Gasteiger partial charge in [0.15, 0.2) is 5.03 Å². The van der Waals surface area contributed by atoms with Crippen molar-refractivity contribution in [3.05, 3.63) is 35.8 Å². The first-order valence-corrected chi connectivity index (χ1v) is 6.60. The highest BCUT2D eigenvalue weighted by atomic mass is 32.2. The number of aromatic amines is 1. The van der Waals surface area contributed by atoms with E-state index in [4.69, 9.17) is 5.11 Å². The molecule has 0 spiro atoms. The molecule has 2 heterocycles. The highest BCUT2D eigenvalue weighted by Gasteiger charge is 2.20. The van der Waals surface area contributed by atoms with Crippen molar-refractivity contribution >= 4 is 15.7 Å². The maximum atomic E-state index is 12.0. The summed E-state index contributed by atoms with van der Waals surface area (Å²) in [6.45, 7) is 1.40. The highest BCUT2D eigenvalue weighted by Crippen LogP contribution is 2.16. The summed E-state index contributed by atoms with van der Waals surface area (Å²) in [6.07, 6.45) is 2.68. The number of nitrogens with one attached hydrogen (secondary N) is 2. The molecule has 2 aromatic heterocycles. The zero-order valence-corrected chi connectivity index (χ0v) is 10.4. The molecule has 0 saturated heterocycles. The number of aliphatic hydroxyl groups is 1. The molecular weight excluding hydrogens is 256 g/mol. The lowest BCUT2D eigenvalue weighted by Gasteiger charge is -2.07. The van der Waals surface area contributed by atoms with Crippen molar-refractivity contribution in [2.45, 2.75) is 18.6 Å². The SMILES string of the molecule is Cc1ccc(NS(=O)(=O)c2[nH]ncc2CO)cn1. The Balaban J connectivity index is 2.30. The normalized spacial score (nSPS) is 11.4. The number of hydrogen-bond acceptors (Lipinski definition) is 5. The van der Waals surface area contributed by atoms with E-state index in [-0.39, 0.29) is 10.6 Å². The second-order valence-corrected chi connectivity index (χ2v) is 5.30. The molecule has 0 radical (unpaired) electrons. The minimum Gasteiger partial charge on any atom is -0.392 e. The molecule has 7 nitrogen and oxygen atoms in total. The quantitative estimate of drug-likeness (QED) is 0.744. The van der Waals surface area contributed by atoms with Crippen LogP contribution in [0.3, 0.4) is 0 Å². The third-order valence-electron chi connectivity index (χ3n) is 2.28. The molecule has 0 aliphatic rings. The van der Waals surface area contributed by atoms with Gasteiger partial charge in [-0.3, -0.25) is 14.8 Å². The van der Waals surface area contributed by atoms with E-state index >= 15 is 0 Å². The van der Waals surface area contributed by atoms with Gasteiger partial charge in [-0.15, -0.1) is 0 Å². The number of hydrogen-bond donors (Lipinski definition) is 3. The van der Waals surface area contributed by atoms with E-state index in [1.165, 1.54) is 12.4 Å². The Hall–Kier alpha value is -1.93. The molecule has 18 heavy (non-hydrogen) atoms. The average molecular weight is 268 g/mol. The largest absolute Gasteiger partial charge is 0.392 e. The predicted octanol–water partition coefficient (Wildman–Crippen LogP) is 0.406. The van der Waals surface area contributed by atoms with Crippen molar-refractivity contribution in [1.29, 1.82) is 0 Å². The van der Waals surface area contributed by atoms with Crippen LogP contribution in [0.25, 0.3) is 0 Å². The second-order valence-electron chi connectivity index (χ2n) is 3.68. The maximum Gasteiger partial charge on any atom is 0.279 e. The van der Waals surface area contributed by atoms with E-state index in [0.29, 0.717) is 5.69 Å². The number of H-pyrrole nitrogens is 1. The molecule has 8 heteroatoms. The Labute approximate surface area is 104 Å². The van der Waals surface area contributed by atoms with Crippen molar-refractivity contribution in [3.63, 3.8) is 0 Å². The number of aliphatic hydroxyl groups excluding tert-OH is 1. The molecule has 0 bridgehead atoms. The molecule has 2 rings (SSSR count). The third-order valence-corrected chi connectivity index (χ3v) is 3.68. The van der Waals surface area contributed by atoms with Crippen molar-refractivity contribution in [3.8, 4) is 0 Å². The molecule has 96 valence electrons. The van der Waals surface area contributed by atoms with Crippen molar-refractivity contribution < 1.29 is 13.5 Å². The number of sulfonamides is 1. The van der Waals surface area contributed by atoms with Gasteiger partial charge in [0, 0.05) is 11.3 Å². The summed E-state index contributed by atoms with van der Waals surface area (Å²) < 4.78 is 26.4. The van der Waals surface area contributed by atoms with Crippen LogP contribution in [0, 0.1) is 6.92 Å². The topological polar surface area (TPSA) is 108 Å². The summed E-state index contributed by atoms with van der Waals surface area (Å²) in [5, 5.41) is 14.8. The van der Waals surface area contributed by atoms with E-state index in [0.717, 1.165) is 5.69 Å². The number of pyridine rings is 1. The Morgan fingerprint density at radius 1 is 1.39 bits per heavy atom. The van der Waals surface area contributed by atoms with Crippen LogP contribution in [0.15, 0.2) is 29.6 Å². The Morgan fingerprint density at radius 2 is 2.17 bits per heavy atom. The number of nitrogens with zero attached hydrogens (tertiary/aromatic N) is 2. The van der Waals surface area contributed by atoms with Crippen molar-refractivity contribution in [2.24, 2.45) is 0 Å². The summed E-state index contributed by atoms with van der Waals surface area (Å²) in [5.41, 5.74) is 1.34. The summed E-state index contributed by atoms with van der Waals surface area (Å²) in [5.74, 6) is 0. The van der Waals surface area contributed by atoms with Gasteiger partial charge in [0.05, 0.1) is 24.7 Å². The van der Waals surface area contributed by atoms with E-state index in [9.17, 15) is 8.42 Å². The van der Waals surface area contributed by atoms with Gasteiger partial charge in [-0.25, -0.2) is 0 Å². The summed E-state index contributed by atoms with van der Waals surface area (Å²) >= 11 is 0. The molecular formula is C10H12N4O3S. The van der Waals surface area contributed by atoms with E-state index in [1.54, 1.807) is 19.1 Å². The van der Waals surface area contributed by atoms with E-state index in [2.05, 4.69) is 19.9 Å². The number of aryl methyl sites for hydroxylation is 1. The molecule has 0 aliphatic carbocycles. The van der Waals surface area contributed by atoms with Crippen LogP contribution < -0.4 is 4.72 Å². The molecule has 0 aliphatic heterocycles. The van der Waals surface area contributed by atoms with Crippen LogP contribution in [0.1, 0.15) is 11.3 Å². The van der Waals surface area contributed by atoms with Gasteiger partial charge in [0.1, 0.15) is 0 Å². The highest BCUT2D eigenvalue weighted by molar-refractivity contribution is 7.92. The van der Waals surface area contributed by atoms with Crippen LogP contribution in [0.4, 0.5) is 5.69 Å². The zero-order valence-electron chi connectivity index (χ0n) is 9.58. The first-order valence-electron chi connectivity index (χ1n) is 5.11. The lowest BCUT2D eigenvalue weighted by molar-refractivity contribution is 0.278. The predicted molar refractivity (Wildman–Crippen MR) is 64.3 cm³/mol. The molecule has 0 aromatic carbocycles. The van der Waals surface area contributed by atoms with E-state index < -0.39 is 16.6 Å². The van der Waals surface area contributed by atoms with Crippen LogP contribution in [0.5, 0.6) is 0 Å². The Kier molecular flexibility index (Phi) is 3.30. The number of aromatic nitrogens is 3. The van der Waals surface area contributed by atoms with Crippen LogP contribution in [0.2, 0.25) is 0 Å². The lowest BCUT2D eigenvalue weighted by atomic mass is 10.4. The van der Waals surface area contributed by atoms with Gasteiger partial charge < -0.3 is 5.11 Å². The van der Waals surface area contributed by atoms with Crippen LogP contribution in [-0.4, -0.2) is 28.7 Å². The zero-order chi connectivity index (χ0) is 13.2. The average Bonchev–Trinajstić information content (AvgIpc) is 2.81. The summed E-state index contributed by atoms with van der Waals surface area (Å²) in [6, 6.07) is 3.30. The van der Waals surface area contributed by atoms with Gasteiger partial charge in [-0.05, 0) is 19.1 Å². The summed E-state index contributed by atoms with van der Waals surface area (Å²) in [4.78, 5) is 3.99. The molecule has 0 saturated carbocycles. The number of anilines is 1. The molecule has 2 aromatic rings. The first kappa shape index (κ1) is 12.5. The van der Waals surface area contributed by atoms with Gasteiger partial charge in [-0.1, -0.05) is 0 Å². The smallest absolute Gasteiger partial charge is 0.279 e. The molecule has 3 N–H and O–H groups in total. The maximum absolute atomic E-state index is 12.0. The van der Waals surface area contributed by atoms with Gasteiger partial charge >= 0.3 is 0 Å². The Morgan fingerprint density at radius 3 is 2.78 bits per heavy atom. The standard InChI is InChI=1S/C10H12N4O3S/c1-7-2-3-9(5-11-7)14-18(16,17)10-8(6-15)4-12-13-10/h2-5,14-15H,6H2,1H3,(H,12,13). The number of rotatable bonds is 4. The lowest BCUT2D eigenvalue weighted by Crippen LogP contribution is -2.15. The van der Waals surface area contributed by atoms with Gasteiger partial charge in [0.2, 0.25) is 0 Å². The van der Waals surface area contributed by atoms with Crippen LogP contribution >= 0.6 is 0 Å². The van der Waals surface area contributed by atoms with Gasteiger partial charge in [-0.2, -0.15) is 13.5 Å². The Bertz CT molecular complexity index is 633. The van der Waals surface area contributed by atoms with Crippen molar-refractivity contribution in [2.75, 3.05) is 4.72 Å². The third kappa shape index (κ3) is 2.49. The minimum atomic E-state index is -3.79. The monoisotopic (exact) mass is 268 g/mol. The first-order chi connectivity index (χ1) is 8.53.